The molecule has 150 valence electrons. The lowest BCUT2D eigenvalue weighted by Crippen LogP contribution is -2.55. The van der Waals surface area contributed by atoms with Gasteiger partial charge in [0, 0.05) is 6.42 Å². The molecule has 5 amide bonds. The maximum absolute atomic E-state index is 12.7. The number of barbiturate groups is 1. The van der Waals surface area contributed by atoms with Crippen molar-refractivity contribution in [3.63, 3.8) is 0 Å². The van der Waals surface area contributed by atoms with E-state index in [-0.39, 0.29) is 18.3 Å². The molecule has 1 saturated heterocycles. The van der Waals surface area contributed by atoms with Crippen molar-refractivity contribution in [3.05, 3.63) is 71.8 Å². The molecule has 1 fully saturated rings. The lowest BCUT2D eigenvalue weighted by Gasteiger charge is -2.27. The van der Waals surface area contributed by atoms with E-state index < -0.39 is 30.2 Å². The van der Waals surface area contributed by atoms with Gasteiger partial charge in [0.15, 0.2) is 0 Å². The zero-order chi connectivity index (χ0) is 20.8. The third-order valence-electron chi connectivity index (χ3n) is 5.24. The van der Waals surface area contributed by atoms with Gasteiger partial charge in [0.2, 0.25) is 17.7 Å². The summed E-state index contributed by atoms with van der Waals surface area (Å²) >= 11 is 0. The molecule has 0 spiro atoms. The van der Waals surface area contributed by atoms with Crippen molar-refractivity contribution in [1.29, 1.82) is 0 Å². The smallest absolute Gasteiger partial charge is 0.277 e. The fourth-order valence-electron chi connectivity index (χ4n) is 3.64. The van der Waals surface area contributed by atoms with Crippen molar-refractivity contribution in [2.75, 3.05) is 0 Å². The molecule has 29 heavy (non-hydrogen) atoms. The second kappa shape index (κ2) is 9.28. The summed E-state index contributed by atoms with van der Waals surface area (Å²) < 4.78 is 0. The highest BCUT2D eigenvalue weighted by Crippen LogP contribution is 2.26. The van der Waals surface area contributed by atoms with Gasteiger partial charge in [-0.1, -0.05) is 67.6 Å². The van der Waals surface area contributed by atoms with Gasteiger partial charge in [-0.2, -0.15) is 4.90 Å². The quantitative estimate of drug-likeness (QED) is 0.734. The first-order valence-corrected chi connectivity index (χ1v) is 9.71. The Morgan fingerprint density at radius 3 is 1.93 bits per heavy atom. The van der Waals surface area contributed by atoms with Gasteiger partial charge in [0.1, 0.15) is 6.42 Å². The molecular weight excluding hydrogens is 368 g/mol. The SMILES string of the molecule is CC(CC(=O)N1C(=O)CC(=O)NC1=O)C(Cc1ccccc1)Cc1ccccc1. The van der Waals surface area contributed by atoms with E-state index >= 15 is 0 Å². The van der Waals surface area contributed by atoms with Gasteiger partial charge >= 0.3 is 6.03 Å². The Balaban J connectivity index is 1.73. The summed E-state index contributed by atoms with van der Waals surface area (Å²) in [5, 5.41) is 2.03. The summed E-state index contributed by atoms with van der Waals surface area (Å²) in [5.41, 5.74) is 2.34. The molecule has 1 unspecified atom stereocenters. The van der Waals surface area contributed by atoms with E-state index in [0.717, 1.165) is 12.8 Å². The fraction of sp³-hybridized carbons (Fsp3) is 0.304. The van der Waals surface area contributed by atoms with E-state index in [2.05, 4.69) is 24.3 Å². The van der Waals surface area contributed by atoms with Crippen LogP contribution in [0.1, 0.15) is 30.9 Å². The van der Waals surface area contributed by atoms with Crippen LogP contribution in [0.4, 0.5) is 4.79 Å². The highest BCUT2D eigenvalue weighted by atomic mass is 16.2. The van der Waals surface area contributed by atoms with E-state index in [1.54, 1.807) is 0 Å². The molecule has 1 atom stereocenters. The van der Waals surface area contributed by atoms with Crippen LogP contribution in [-0.4, -0.2) is 28.7 Å². The summed E-state index contributed by atoms with van der Waals surface area (Å²) in [6.07, 6.45) is 1.13. The molecule has 3 rings (SSSR count). The molecule has 6 nitrogen and oxygen atoms in total. The number of nitrogens with one attached hydrogen (secondary N) is 1. The second-order valence-corrected chi connectivity index (χ2v) is 7.47. The van der Waals surface area contributed by atoms with E-state index in [4.69, 9.17) is 0 Å². The molecular formula is C23H24N2O4. The van der Waals surface area contributed by atoms with Gasteiger partial charge in [0.05, 0.1) is 0 Å². The average Bonchev–Trinajstić information content (AvgIpc) is 2.68. The highest BCUT2D eigenvalue weighted by molar-refractivity contribution is 6.21. The molecule has 0 saturated carbocycles. The van der Waals surface area contributed by atoms with Gasteiger partial charge in [-0.25, -0.2) is 4.79 Å². The topological polar surface area (TPSA) is 83.6 Å². The number of benzene rings is 2. The van der Waals surface area contributed by atoms with Crippen LogP contribution < -0.4 is 5.32 Å². The third-order valence-corrected chi connectivity index (χ3v) is 5.24. The number of carbonyl (C=O) groups excluding carboxylic acids is 4. The molecule has 0 aromatic heterocycles. The largest absolute Gasteiger partial charge is 0.337 e. The van der Waals surface area contributed by atoms with Crippen LogP contribution in [-0.2, 0) is 27.2 Å². The Bertz CT molecular complexity index is 834. The maximum atomic E-state index is 12.7. The second-order valence-electron chi connectivity index (χ2n) is 7.47. The zero-order valence-corrected chi connectivity index (χ0v) is 16.3. The van der Waals surface area contributed by atoms with Crippen LogP contribution in [0.15, 0.2) is 60.7 Å². The standard InChI is InChI=1S/C23H24N2O4/c1-16(12-21(27)25-22(28)15-20(26)24-23(25)29)19(13-17-8-4-2-5-9-17)14-18-10-6-3-7-11-18/h2-11,16,19H,12-15H2,1H3,(H,24,26,29). The lowest BCUT2D eigenvalue weighted by atomic mass is 9.81. The summed E-state index contributed by atoms with van der Waals surface area (Å²) in [7, 11) is 0. The molecule has 1 N–H and O–H groups in total. The van der Waals surface area contributed by atoms with Gasteiger partial charge in [-0.05, 0) is 35.8 Å². The van der Waals surface area contributed by atoms with E-state index in [1.165, 1.54) is 11.1 Å². The monoisotopic (exact) mass is 392 g/mol. The first-order chi connectivity index (χ1) is 13.9. The minimum Gasteiger partial charge on any atom is -0.277 e. The molecule has 1 heterocycles. The molecule has 1 aliphatic heterocycles. The average molecular weight is 392 g/mol. The number of hydrogen-bond acceptors (Lipinski definition) is 4. The van der Waals surface area contributed by atoms with Crippen LogP contribution >= 0.6 is 0 Å². The van der Waals surface area contributed by atoms with Crippen molar-refractivity contribution in [3.8, 4) is 0 Å². The Morgan fingerprint density at radius 1 is 0.931 bits per heavy atom. The Hall–Kier alpha value is -3.28. The number of rotatable bonds is 7. The van der Waals surface area contributed by atoms with Crippen LogP contribution in [0.5, 0.6) is 0 Å². The molecule has 0 bridgehead atoms. The van der Waals surface area contributed by atoms with Crippen LogP contribution in [0, 0.1) is 11.8 Å². The third kappa shape index (κ3) is 5.38. The van der Waals surface area contributed by atoms with Crippen molar-refractivity contribution in [2.45, 2.75) is 32.6 Å². The number of nitrogens with zero attached hydrogens (tertiary/aromatic N) is 1. The maximum Gasteiger partial charge on any atom is 0.337 e. The Labute approximate surface area is 169 Å². The van der Waals surface area contributed by atoms with Crippen LogP contribution in [0.25, 0.3) is 0 Å². The van der Waals surface area contributed by atoms with Gasteiger partial charge in [-0.15, -0.1) is 0 Å². The summed E-state index contributed by atoms with van der Waals surface area (Å²) in [6, 6.07) is 19.1. The lowest BCUT2D eigenvalue weighted by molar-refractivity contribution is -0.145. The summed E-state index contributed by atoms with van der Waals surface area (Å²) in [6.45, 7) is 1.96. The van der Waals surface area contributed by atoms with Crippen molar-refractivity contribution >= 4 is 23.8 Å². The number of amides is 5. The predicted octanol–water partition coefficient (Wildman–Crippen LogP) is 3.11. The predicted molar refractivity (Wildman–Crippen MR) is 108 cm³/mol. The number of urea groups is 1. The number of imide groups is 4. The molecule has 0 radical (unpaired) electrons. The van der Waals surface area contributed by atoms with E-state index in [1.807, 2.05) is 48.6 Å². The van der Waals surface area contributed by atoms with Crippen molar-refractivity contribution < 1.29 is 19.2 Å². The minimum absolute atomic E-state index is 0.0533. The van der Waals surface area contributed by atoms with Gasteiger partial charge < -0.3 is 0 Å². The van der Waals surface area contributed by atoms with Crippen LogP contribution in [0.3, 0.4) is 0 Å². The van der Waals surface area contributed by atoms with Gasteiger partial charge in [-0.3, -0.25) is 19.7 Å². The highest BCUT2D eigenvalue weighted by Gasteiger charge is 2.36. The Morgan fingerprint density at radius 2 is 1.45 bits per heavy atom. The minimum atomic E-state index is -0.953. The van der Waals surface area contributed by atoms with E-state index in [9.17, 15) is 19.2 Å². The Kier molecular flexibility index (Phi) is 6.54. The van der Waals surface area contributed by atoms with E-state index in [0.29, 0.717) is 4.90 Å². The first kappa shape index (κ1) is 20.5. The normalized spacial score (nSPS) is 15.4. The summed E-state index contributed by atoms with van der Waals surface area (Å²) in [4.78, 5) is 48.5. The molecule has 0 aliphatic carbocycles. The fourth-order valence-corrected chi connectivity index (χ4v) is 3.64. The van der Waals surface area contributed by atoms with Gasteiger partial charge in [0.25, 0.3) is 0 Å². The first-order valence-electron chi connectivity index (χ1n) is 9.71. The summed E-state index contributed by atoms with van der Waals surface area (Å²) in [5.74, 6) is -1.94. The van der Waals surface area contributed by atoms with Crippen molar-refractivity contribution in [1.82, 2.24) is 10.2 Å². The number of hydrogen-bond donors (Lipinski definition) is 1. The molecule has 2 aromatic rings. The van der Waals surface area contributed by atoms with Crippen LogP contribution in [0.2, 0.25) is 0 Å². The molecule has 1 aliphatic rings. The zero-order valence-electron chi connectivity index (χ0n) is 16.3. The van der Waals surface area contributed by atoms with Crippen molar-refractivity contribution in [2.24, 2.45) is 11.8 Å². The molecule has 2 aromatic carbocycles. The molecule has 6 heteroatoms. The number of carbonyl (C=O) groups is 4.